The highest BCUT2D eigenvalue weighted by molar-refractivity contribution is 5.84. The molecular weight excluding hydrogens is 313 g/mol. The molecule has 6 heteroatoms. The first kappa shape index (κ1) is 16.2. The molecule has 1 atom stereocenters. The van der Waals surface area contributed by atoms with E-state index in [2.05, 4.69) is 0 Å². The molecule has 3 rings (SSSR count). The van der Waals surface area contributed by atoms with Crippen molar-refractivity contribution in [1.82, 2.24) is 4.90 Å². The highest BCUT2D eigenvalue weighted by Gasteiger charge is 2.33. The van der Waals surface area contributed by atoms with Gasteiger partial charge in [-0.15, -0.1) is 0 Å². The molecule has 1 fully saturated rings. The summed E-state index contributed by atoms with van der Waals surface area (Å²) in [5.41, 5.74) is 0.376. The SMILES string of the molecule is O=C(O)[C@@H]1CCCN1C(=O)CCc1ccc(-c2ccccc2F)o1. The van der Waals surface area contributed by atoms with Gasteiger partial charge in [-0.2, -0.15) is 0 Å². The molecule has 2 aromatic rings. The fourth-order valence-corrected chi connectivity index (χ4v) is 3.01. The van der Waals surface area contributed by atoms with Gasteiger partial charge in [-0.25, -0.2) is 9.18 Å². The van der Waals surface area contributed by atoms with Gasteiger partial charge in [0.25, 0.3) is 0 Å². The van der Waals surface area contributed by atoms with Crippen molar-refractivity contribution in [3.05, 3.63) is 48.0 Å². The fraction of sp³-hybridized carbons (Fsp3) is 0.333. The number of aryl methyl sites for hydroxylation is 1. The lowest BCUT2D eigenvalue weighted by molar-refractivity contribution is -0.148. The molecule has 0 radical (unpaired) electrons. The van der Waals surface area contributed by atoms with Crippen LogP contribution in [0.2, 0.25) is 0 Å². The third-order valence-corrected chi connectivity index (χ3v) is 4.24. The second kappa shape index (κ2) is 6.86. The van der Waals surface area contributed by atoms with Crippen molar-refractivity contribution < 1.29 is 23.5 Å². The van der Waals surface area contributed by atoms with Crippen LogP contribution >= 0.6 is 0 Å². The Morgan fingerprint density at radius 1 is 1.25 bits per heavy atom. The lowest BCUT2D eigenvalue weighted by Gasteiger charge is -2.21. The van der Waals surface area contributed by atoms with Crippen molar-refractivity contribution in [2.75, 3.05) is 6.54 Å². The number of halogens is 1. The third kappa shape index (κ3) is 3.32. The minimum atomic E-state index is -0.958. The average molecular weight is 331 g/mol. The minimum Gasteiger partial charge on any atom is -0.480 e. The molecule has 1 aliphatic rings. The summed E-state index contributed by atoms with van der Waals surface area (Å²) in [6.07, 6.45) is 1.74. The summed E-state index contributed by atoms with van der Waals surface area (Å²) >= 11 is 0. The van der Waals surface area contributed by atoms with Gasteiger partial charge in [-0.05, 0) is 37.1 Å². The number of hydrogen-bond donors (Lipinski definition) is 1. The number of carboxylic acids is 1. The molecule has 0 aliphatic carbocycles. The van der Waals surface area contributed by atoms with E-state index in [0.29, 0.717) is 42.9 Å². The highest BCUT2D eigenvalue weighted by atomic mass is 19.1. The zero-order valence-corrected chi connectivity index (χ0v) is 13.1. The number of likely N-dealkylation sites (tertiary alicyclic amines) is 1. The Balaban J connectivity index is 1.63. The van der Waals surface area contributed by atoms with Crippen LogP contribution in [0.5, 0.6) is 0 Å². The minimum absolute atomic E-state index is 0.175. The Morgan fingerprint density at radius 3 is 2.79 bits per heavy atom. The van der Waals surface area contributed by atoms with Crippen LogP contribution in [-0.2, 0) is 16.0 Å². The third-order valence-electron chi connectivity index (χ3n) is 4.24. The second-order valence-corrected chi connectivity index (χ2v) is 5.83. The first-order valence-corrected chi connectivity index (χ1v) is 7.92. The predicted molar refractivity (Wildman–Crippen MR) is 84.8 cm³/mol. The van der Waals surface area contributed by atoms with Gasteiger partial charge < -0.3 is 14.4 Å². The summed E-state index contributed by atoms with van der Waals surface area (Å²) in [6.45, 7) is 0.481. The van der Waals surface area contributed by atoms with Crippen LogP contribution < -0.4 is 0 Å². The van der Waals surface area contributed by atoms with Crippen molar-refractivity contribution in [2.45, 2.75) is 31.7 Å². The molecule has 1 aromatic carbocycles. The van der Waals surface area contributed by atoms with Crippen LogP contribution in [-0.4, -0.2) is 34.5 Å². The molecule has 0 bridgehead atoms. The zero-order chi connectivity index (χ0) is 17.1. The van der Waals surface area contributed by atoms with Gasteiger partial charge in [-0.1, -0.05) is 12.1 Å². The normalized spacial score (nSPS) is 17.2. The van der Waals surface area contributed by atoms with Crippen LogP contribution in [0, 0.1) is 5.82 Å². The van der Waals surface area contributed by atoms with Gasteiger partial charge in [0.2, 0.25) is 5.91 Å². The number of amides is 1. The second-order valence-electron chi connectivity index (χ2n) is 5.83. The number of carbonyl (C=O) groups is 2. The van der Waals surface area contributed by atoms with E-state index >= 15 is 0 Å². The molecule has 1 aliphatic heterocycles. The van der Waals surface area contributed by atoms with Crippen LogP contribution in [0.3, 0.4) is 0 Å². The molecule has 0 spiro atoms. The van der Waals surface area contributed by atoms with Gasteiger partial charge >= 0.3 is 5.97 Å². The lowest BCUT2D eigenvalue weighted by atomic mass is 10.1. The van der Waals surface area contributed by atoms with E-state index < -0.39 is 12.0 Å². The molecule has 1 aromatic heterocycles. The van der Waals surface area contributed by atoms with Crippen molar-refractivity contribution in [1.29, 1.82) is 0 Å². The summed E-state index contributed by atoms with van der Waals surface area (Å²) < 4.78 is 19.4. The summed E-state index contributed by atoms with van der Waals surface area (Å²) in [5, 5.41) is 9.13. The van der Waals surface area contributed by atoms with E-state index in [1.807, 2.05) is 0 Å². The lowest BCUT2D eigenvalue weighted by Crippen LogP contribution is -2.40. The number of benzene rings is 1. The van der Waals surface area contributed by atoms with E-state index in [4.69, 9.17) is 9.52 Å². The van der Waals surface area contributed by atoms with Crippen molar-refractivity contribution in [3.8, 4) is 11.3 Å². The number of furan rings is 1. The summed E-state index contributed by atoms with van der Waals surface area (Å²) in [7, 11) is 0. The number of carboxylic acid groups (broad SMARTS) is 1. The van der Waals surface area contributed by atoms with E-state index in [1.54, 1.807) is 30.3 Å². The van der Waals surface area contributed by atoms with E-state index in [0.717, 1.165) is 0 Å². The number of carbonyl (C=O) groups excluding carboxylic acids is 1. The zero-order valence-electron chi connectivity index (χ0n) is 13.1. The monoisotopic (exact) mass is 331 g/mol. The Kier molecular flexibility index (Phi) is 4.64. The van der Waals surface area contributed by atoms with Gasteiger partial charge in [0.05, 0.1) is 5.56 Å². The van der Waals surface area contributed by atoms with Crippen LogP contribution in [0.1, 0.15) is 25.0 Å². The van der Waals surface area contributed by atoms with E-state index in [-0.39, 0.29) is 18.1 Å². The summed E-state index contributed by atoms with van der Waals surface area (Å²) in [6, 6.07) is 9.00. The Bertz CT molecular complexity index is 755. The largest absolute Gasteiger partial charge is 0.480 e. The number of rotatable bonds is 5. The maximum atomic E-state index is 13.7. The van der Waals surface area contributed by atoms with Crippen molar-refractivity contribution in [2.24, 2.45) is 0 Å². The number of nitrogens with zero attached hydrogens (tertiary/aromatic N) is 1. The average Bonchev–Trinajstić information content (AvgIpc) is 3.22. The standard InChI is InChI=1S/C18H18FNO4/c19-14-5-2-1-4-13(14)16-9-7-12(24-16)8-10-17(21)20-11-3-6-15(20)18(22)23/h1-2,4-5,7,9,15H,3,6,8,10-11H2,(H,22,23)/t15-/m0/s1. The van der Waals surface area contributed by atoms with Crippen LogP contribution in [0.15, 0.2) is 40.8 Å². The van der Waals surface area contributed by atoms with E-state index in [1.165, 1.54) is 11.0 Å². The first-order valence-electron chi connectivity index (χ1n) is 7.92. The summed E-state index contributed by atoms with van der Waals surface area (Å²) in [5.74, 6) is -0.520. The Hall–Kier alpha value is -2.63. The molecular formula is C18H18FNO4. The first-order chi connectivity index (χ1) is 11.6. The number of aliphatic carboxylic acids is 1. The van der Waals surface area contributed by atoms with Gasteiger partial charge in [0.1, 0.15) is 23.4 Å². The molecule has 1 saturated heterocycles. The van der Waals surface area contributed by atoms with Gasteiger partial charge in [0.15, 0.2) is 0 Å². The topological polar surface area (TPSA) is 70.8 Å². The van der Waals surface area contributed by atoms with Crippen molar-refractivity contribution >= 4 is 11.9 Å². The van der Waals surface area contributed by atoms with Crippen LogP contribution in [0.25, 0.3) is 11.3 Å². The Morgan fingerprint density at radius 2 is 2.04 bits per heavy atom. The molecule has 0 saturated carbocycles. The fourth-order valence-electron chi connectivity index (χ4n) is 3.01. The number of hydrogen-bond acceptors (Lipinski definition) is 3. The molecule has 5 nitrogen and oxygen atoms in total. The smallest absolute Gasteiger partial charge is 0.326 e. The van der Waals surface area contributed by atoms with Crippen LogP contribution in [0.4, 0.5) is 4.39 Å². The highest BCUT2D eigenvalue weighted by Crippen LogP contribution is 2.26. The van der Waals surface area contributed by atoms with Gasteiger partial charge in [-0.3, -0.25) is 4.79 Å². The molecule has 1 N–H and O–H groups in total. The molecule has 24 heavy (non-hydrogen) atoms. The van der Waals surface area contributed by atoms with Gasteiger partial charge in [0, 0.05) is 19.4 Å². The maximum Gasteiger partial charge on any atom is 0.326 e. The maximum absolute atomic E-state index is 13.7. The molecule has 126 valence electrons. The van der Waals surface area contributed by atoms with E-state index in [9.17, 15) is 14.0 Å². The predicted octanol–water partition coefficient (Wildman–Crippen LogP) is 3.09. The molecule has 2 heterocycles. The molecule has 0 unspecified atom stereocenters. The Labute approximate surface area is 138 Å². The molecule has 1 amide bonds. The summed E-state index contributed by atoms with van der Waals surface area (Å²) in [4.78, 5) is 24.8. The van der Waals surface area contributed by atoms with Crippen molar-refractivity contribution in [3.63, 3.8) is 0 Å². The quantitative estimate of drug-likeness (QED) is 0.914.